The molecule has 23 heavy (non-hydrogen) atoms. The number of aromatic nitrogens is 2. The van der Waals surface area contributed by atoms with Crippen LogP contribution in [0.3, 0.4) is 0 Å². The molecule has 0 atom stereocenters. The van der Waals surface area contributed by atoms with Crippen LogP contribution in [0, 0.1) is 0 Å². The molecule has 1 heterocycles. The van der Waals surface area contributed by atoms with Gasteiger partial charge >= 0.3 is 0 Å². The van der Waals surface area contributed by atoms with Gasteiger partial charge in [0.25, 0.3) is 0 Å². The molecule has 0 aliphatic carbocycles. The summed E-state index contributed by atoms with van der Waals surface area (Å²) in [5.41, 5.74) is 2.14. The zero-order valence-corrected chi connectivity index (χ0v) is 13.8. The Bertz CT molecular complexity index is 620. The van der Waals surface area contributed by atoms with E-state index in [4.69, 9.17) is 0 Å². The van der Waals surface area contributed by atoms with E-state index in [9.17, 15) is 4.79 Å². The average Bonchev–Trinajstić information content (AvgIpc) is 2.59. The summed E-state index contributed by atoms with van der Waals surface area (Å²) in [7, 11) is 0. The molecule has 0 unspecified atom stereocenters. The maximum atomic E-state index is 11.3. The number of amides is 1. The third kappa shape index (κ3) is 4.67. The lowest BCUT2D eigenvalue weighted by Gasteiger charge is -2.21. The molecule has 0 saturated heterocycles. The molecule has 1 aromatic carbocycles. The van der Waals surface area contributed by atoms with Crippen LogP contribution < -0.4 is 15.5 Å². The Morgan fingerprint density at radius 1 is 0.957 bits per heavy atom. The van der Waals surface area contributed by atoms with Gasteiger partial charge in [0.05, 0.1) is 0 Å². The van der Waals surface area contributed by atoms with Gasteiger partial charge in [-0.05, 0) is 50.2 Å². The number of anilines is 4. The highest BCUT2D eigenvalue weighted by atomic mass is 16.1. The first kappa shape index (κ1) is 16.7. The van der Waals surface area contributed by atoms with Crippen LogP contribution in [0.25, 0.3) is 0 Å². The molecule has 0 fully saturated rings. The van der Waals surface area contributed by atoms with Crippen molar-refractivity contribution in [3.63, 3.8) is 0 Å². The normalized spacial score (nSPS) is 10.2. The molecule has 6 nitrogen and oxygen atoms in total. The number of benzene rings is 1. The monoisotopic (exact) mass is 313 g/mol. The fourth-order valence-electron chi connectivity index (χ4n) is 2.19. The molecule has 0 aliphatic heterocycles. The van der Waals surface area contributed by atoms with Crippen molar-refractivity contribution in [3.8, 4) is 0 Å². The molecule has 6 heteroatoms. The lowest BCUT2D eigenvalue weighted by Crippen LogP contribution is -2.21. The van der Waals surface area contributed by atoms with Gasteiger partial charge in [-0.15, -0.1) is 10.2 Å². The minimum absolute atomic E-state index is 0.0769. The molecule has 122 valence electrons. The molecular formula is C17H23N5O. The first-order valence-corrected chi connectivity index (χ1v) is 7.91. The van der Waals surface area contributed by atoms with Gasteiger partial charge in [0.1, 0.15) is 0 Å². The summed E-state index contributed by atoms with van der Waals surface area (Å²) in [5, 5.41) is 13.9. The summed E-state index contributed by atoms with van der Waals surface area (Å²) >= 11 is 0. The van der Waals surface area contributed by atoms with Crippen LogP contribution in [0.2, 0.25) is 0 Å². The third-order valence-corrected chi connectivity index (χ3v) is 3.52. The summed E-state index contributed by atoms with van der Waals surface area (Å²) in [6.45, 7) is 8.05. The SMILES string of the molecule is CCC(=O)Nc1ccc(Nc2ccc(N(CC)CC)cc2)nn1. The van der Waals surface area contributed by atoms with Crippen LogP contribution in [0.5, 0.6) is 0 Å². The molecule has 0 radical (unpaired) electrons. The largest absolute Gasteiger partial charge is 0.372 e. The number of hydrogen-bond donors (Lipinski definition) is 2. The van der Waals surface area contributed by atoms with Gasteiger partial charge in [-0.2, -0.15) is 0 Å². The second kappa shape index (κ2) is 8.12. The zero-order valence-electron chi connectivity index (χ0n) is 13.8. The standard InChI is InChI=1S/C17H23N5O/c1-4-17(23)19-16-12-11-15(20-21-16)18-13-7-9-14(10-8-13)22(5-2)6-3/h7-12H,4-6H2,1-3H3,(H,18,20)(H,19,21,23). The van der Waals surface area contributed by atoms with Gasteiger partial charge in [0, 0.05) is 30.9 Å². The van der Waals surface area contributed by atoms with E-state index in [1.807, 2.05) is 12.1 Å². The van der Waals surface area contributed by atoms with Gasteiger partial charge in [-0.25, -0.2) is 0 Å². The van der Waals surface area contributed by atoms with Crippen molar-refractivity contribution in [2.45, 2.75) is 27.2 Å². The maximum absolute atomic E-state index is 11.3. The molecule has 0 spiro atoms. The molecule has 1 aromatic heterocycles. The van der Waals surface area contributed by atoms with E-state index < -0.39 is 0 Å². The molecule has 0 aliphatic rings. The van der Waals surface area contributed by atoms with Gasteiger partial charge in [0.15, 0.2) is 11.6 Å². The first-order valence-electron chi connectivity index (χ1n) is 7.91. The van der Waals surface area contributed by atoms with Crippen molar-refractivity contribution in [2.24, 2.45) is 0 Å². The van der Waals surface area contributed by atoms with E-state index in [2.05, 4.69) is 51.7 Å². The smallest absolute Gasteiger partial charge is 0.225 e. The number of carbonyl (C=O) groups excluding carboxylic acids is 1. The van der Waals surface area contributed by atoms with Crippen LogP contribution >= 0.6 is 0 Å². The lowest BCUT2D eigenvalue weighted by atomic mass is 10.2. The van der Waals surface area contributed by atoms with Crippen LogP contribution in [0.1, 0.15) is 27.2 Å². The Labute approximate surface area is 136 Å². The molecule has 0 saturated carbocycles. The fourth-order valence-corrected chi connectivity index (χ4v) is 2.19. The molecule has 2 rings (SSSR count). The maximum Gasteiger partial charge on any atom is 0.225 e. The van der Waals surface area contributed by atoms with Gasteiger partial charge in [0.2, 0.25) is 5.91 Å². The van der Waals surface area contributed by atoms with Crippen molar-refractivity contribution in [1.29, 1.82) is 0 Å². The quantitative estimate of drug-likeness (QED) is 0.819. The van der Waals surface area contributed by atoms with Crippen LogP contribution in [0.15, 0.2) is 36.4 Å². The Morgan fingerprint density at radius 2 is 1.57 bits per heavy atom. The second-order valence-corrected chi connectivity index (χ2v) is 5.05. The topological polar surface area (TPSA) is 70.2 Å². The van der Waals surface area contributed by atoms with E-state index in [0.29, 0.717) is 18.1 Å². The van der Waals surface area contributed by atoms with Gasteiger partial charge < -0.3 is 15.5 Å². The van der Waals surface area contributed by atoms with E-state index >= 15 is 0 Å². The summed E-state index contributed by atoms with van der Waals surface area (Å²) in [6.07, 6.45) is 0.417. The van der Waals surface area contributed by atoms with Crippen molar-refractivity contribution < 1.29 is 4.79 Å². The van der Waals surface area contributed by atoms with E-state index in [-0.39, 0.29) is 5.91 Å². The Hall–Kier alpha value is -2.63. The van der Waals surface area contributed by atoms with Crippen LogP contribution in [0.4, 0.5) is 23.0 Å². The summed E-state index contributed by atoms with van der Waals surface area (Å²) in [6, 6.07) is 11.7. The van der Waals surface area contributed by atoms with Crippen LogP contribution in [-0.2, 0) is 4.79 Å². The van der Waals surface area contributed by atoms with Crippen molar-refractivity contribution in [1.82, 2.24) is 10.2 Å². The predicted octanol–water partition coefficient (Wildman–Crippen LogP) is 3.41. The molecule has 2 aromatic rings. The van der Waals surface area contributed by atoms with E-state index in [1.165, 1.54) is 5.69 Å². The summed E-state index contributed by atoms with van der Waals surface area (Å²) in [4.78, 5) is 13.6. The van der Waals surface area contributed by atoms with Crippen LogP contribution in [-0.4, -0.2) is 29.2 Å². The average molecular weight is 313 g/mol. The van der Waals surface area contributed by atoms with E-state index in [0.717, 1.165) is 18.8 Å². The number of hydrogen-bond acceptors (Lipinski definition) is 5. The van der Waals surface area contributed by atoms with Crippen molar-refractivity contribution in [2.75, 3.05) is 28.6 Å². The Morgan fingerprint density at radius 3 is 2.09 bits per heavy atom. The fraction of sp³-hybridized carbons (Fsp3) is 0.353. The number of carbonyl (C=O) groups is 1. The minimum atomic E-state index is -0.0769. The summed E-state index contributed by atoms with van der Waals surface area (Å²) < 4.78 is 0. The Balaban J connectivity index is 2.00. The molecular weight excluding hydrogens is 290 g/mol. The van der Waals surface area contributed by atoms with Gasteiger partial charge in [-0.3, -0.25) is 4.79 Å². The molecule has 0 bridgehead atoms. The number of nitrogens with zero attached hydrogens (tertiary/aromatic N) is 3. The highest BCUT2D eigenvalue weighted by Gasteiger charge is 2.04. The number of rotatable bonds is 7. The molecule has 1 amide bonds. The first-order chi connectivity index (χ1) is 11.2. The van der Waals surface area contributed by atoms with Crippen molar-refractivity contribution in [3.05, 3.63) is 36.4 Å². The highest BCUT2D eigenvalue weighted by molar-refractivity contribution is 5.89. The van der Waals surface area contributed by atoms with E-state index in [1.54, 1.807) is 19.1 Å². The summed E-state index contributed by atoms with van der Waals surface area (Å²) in [5.74, 6) is 1.02. The number of nitrogens with one attached hydrogen (secondary N) is 2. The Kier molecular flexibility index (Phi) is 5.91. The minimum Gasteiger partial charge on any atom is -0.372 e. The van der Waals surface area contributed by atoms with Crippen molar-refractivity contribution >= 4 is 28.9 Å². The molecule has 2 N–H and O–H groups in total. The second-order valence-electron chi connectivity index (χ2n) is 5.05. The third-order valence-electron chi connectivity index (χ3n) is 3.52. The van der Waals surface area contributed by atoms with Gasteiger partial charge in [-0.1, -0.05) is 6.92 Å². The lowest BCUT2D eigenvalue weighted by molar-refractivity contribution is -0.115. The predicted molar refractivity (Wildman–Crippen MR) is 94.2 cm³/mol. The highest BCUT2D eigenvalue weighted by Crippen LogP contribution is 2.20. The zero-order chi connectivity index (χ0) is 16.7.